The third-order valence-corrected chi connectivity index (χ3v) is 4.05. The second kappa shape index (κ2) is 7.78. The molecule has 2 heterocycles. The van der Waals surface area contributed by atoms with Gasteiger partial charge in [0.05, 0.1) is 6.61 Å². The molecule has 0 saturated carbocycles. The third-order valence-electron chi connectivity index (χ3n) is 4.05. The van der Waals surface area contributed by atoms with E-state index in [0.717, 1.165) is 0 Å². The molecular weight excluding hydrogens is 388 g/mol. The highest BCUT2D eigenvalue weighted by atomic mass is 19.3. The molecule has 0 aromatic heterocycles. The summed E-state index contributed by atoms with van der Waals surface area (Å²) in [5, 5.41) is 0. The second-order valence-electron chi connectivity index (χ2n) is 5.89. The molecule has 0 bridgehead atoms. The third kappa shape index (κ3) is 3.84. The molecule has 0 radical (unpaired) electrons. The second-order valence-corrected chi connectivity index (χ2v) is 5.89. The smallest absolute Gasteiger partial charge is 0.387 e. The molecule has 29 heavy (non-hydrogen) atoms. The summed E-state index contributed by atoms with van der Waals surface area (Å²) in [7, 11) is 0. The number of hydrogen-bond acceptors (Lipinski definition) is 7. The Bertz CT molecular complexity index is 1020. The van der Waals surface area contributed by atoms with Crippen molar-refractivity contribution in [3.05, 3.63) is 53.2 Å². The van der Waals surface area contributed by atoms with E-state index in [0.29, 0.717) is 17.1 Å². The van der Waals surface area contributed by atoms with Crippen LogP contribution in [0.5, 0.6) is 23.0 Å². The van der Waals surface area contributed by atoms with Gasteiger partial charge in [-0.25, -0.2) is 9.79 Å². The van der Waals surface area contributed by atoms with E-state index >= 15 is 0 Å². The summed E-state index contributed by atoms with van der Waals surface area (Å²) in [6.45, 7) is -0.974. The molecule has 0 unspecified atom stereocenters. The predicted molar refractivity (Wildman–Crippen MR) is 97.4 cm³/mol. The molecule has 4 rings (SSSR count). The Morgan fingerprint density at radius 3 is 2.83 bits per heavy atom. The number of nitrogens with zero attached hydrogens (tertiary/aromatic N) is 1. The van der Waals surface area contributed by atoms with Crippen molar-refractivity contribution >= 4 is 17.9 Å². The first-order valence-electron chi connectivity index (χ1n) is 8.68. The molecule has 2 aromatic carbocycles. The van der Waals surface area contributed by atoms with E-state index in [1.807, 2.05) is 0 Å². The average molecular weight is 403 g/mol. The van der Waals surface area contributed by atoms with Gasteiger partial charge in [0.15, 0.2) is 28.7 Å². The van der Waals surface area contributed by atoms with Crippen molar-refractivity contribution in [1.29, 1.82) is 0 Å². The molecular formula is C20H15F2NO6. The summed E-state index contributed by atoms with van der Waals surface area (Å²) in [5.41, 5.74) is 0.655. The number of carbonyl (C=O) groups is 1. The fraction of sp³-hybridized carbons (Fsp3) is 0.200. The number of hydrogen-bond donors (Lipinski definition) is 0. The molecule has 0 amide bonds. The monoisotopic (exact) mass is 403 g/mol. The molecule has 7 nitrogen and oxygen atoms in total. The van der Waals surface area contributed by atoms with Gasteiger partial charge in [-0.3, -0.25) is 0 Å². The Morgan fingerprint density at radius 2 is 2.03 bits per heavy atom. The lowest BCUT2D eigenvalue weighted by Gasteiger charge is -2.13. The number of halogens is 2. The van der Waals surface area contributed by atoms with Gasteiger partial charge in [0.2, 0.25) is 12.7 Å². The number of alkyl halides is 2. The zero-order valence-corrected chi connectivity index (χ0v) is 15.2. The highest BCUT2D eigenvalue weighted by molar-refractivity contribution is 6.13. The molecule has 2 aliphatic heterocycles. The molecule has 0 saturated heterocycles. The van der Waals surface area contributed by atoms with E-state index in [9.17, 15) is 13.6 Å². The Labute approximate surface area is 164 Å². The van der Waals surface area contributed by atoms with Crippen molar-refractivity contribution in [2.24, 2.45) is 4.99 Å². The average Bonchev–Trinajstić information content (AvgIpc) is 3.30. The van der Waals surface area contributed by atoms with E-state index < -0.39 is 12.6 Å². The van der Waals surface area contributed by atoms with Crippen molar-refractivity contribution in [1.82, 2.24) is 0 Å². The van der Waals surface area contributed by atoms with Crippen LogP contribution in [0.1, 0.15) is 18.1 Å². The fourth-order valence-electron chi connectivity index (χ4n) is 2.84. The Hall–Kier alpha value is -3.62. The van der Waals surface area contributed by atoms with Gasteiger partial charge in [-0.15, -0.1) is 0 Å². The molecule has 150 valence electrons. The lowest BCUT2D eigenvalue weighted by Crippen LogP contribution is -2.07. The Kier molecular flexibility index (Phi) is 5.03. The van der Waals surface area contributed by atoms with E-state index in [1.54, 1.807) is 31.2 Å². The fourth-order valence-corrected chi connectivity index (χ4v) is 2.84. The Balaban J connectivity index is 1.69. The first-order chi connectivity index (χ1) is 14.0. The topological polar surface area (TPSA) is 75.6 Å². The molecule has 9 heteroatoms. The maximum absolute atomic E-state index is 12.9. The summed E-state index contributed by atoms with van der Waals surface area (Å²) < 4.78 is 51.4. The number of fused-ring (bicyclic) bond motifs is 1. The number of cyclic esters (lactones) is 1. The minimum Gasteiger partial charge on any atom is -0.490 e. The minimum atomic E-state index is -3.06. The van der Waals surface area contributed by atoms with Gasteiger partial charge < -0.3 is 23.7 Å². The van der Waals surface area contributed by atoms with Crippen LogP contribution in [0.3, 0.4) is 0 Å². The lowest BCUT2D eigenvalue weighted by molar-refractivity contribution is -0.129. The number of esters is 1. The van der Waals surface area contributed by atoms with Crippen LogP contribution in [0.4, 0.5) is 8.78 Å². The summed E-state index contributed by atoms with van der Waals surface area (Å²) in [4.78, 5) is 16.4. The van der Waals surface area contributed by atoms with Crippen LogP contribution in [0.2, 0.25) is 0 Å². The number of ether oxygens (including phenoxy) is 5. The zero-order valence-electron chi connectivity index (χ0n) is 15.2. The van der Waals surface area contributed by atoms with E-state index in [-0.39, 0.29) is 42.1 Å². The first kappa shape index (κ1) is 18.7. The standard InChI is InChI=1S/C20H15F2NO6/c1-2-25-15-5-3-4-11(17(15)28-20(21)22)8-13-19(24)29-18(23-13)12-6-7-14-16(9-12)27-10-26-14/h3-9,20H,2,10H2,1H3/b13-8-. The van der Waals surface area contributed by atoms with Gasteiger partial charge in [-0.2, -0.15) is 8.78 Å². The first-order valence-corrected chi connectivity index (χ1v) is 8.68. The van der Waals surface area contributed by atoms with E-state index in [1.165, 1.54) is 18.2 Å². The number of rotatable bonds is 6. The van der Waals surface area contributed by atoms with Crippen LogP contribution < -0.4 is 18.9 Å². The van der Waals surface area contributed by atoms with Gasteiger partial charge in [-0.05, 0) is 37.3 Å². The van der Waals surface area contributed by atoms with Crippen LogP contribution in [-0.4, -0.2) is 31.9 Å². The number of para-hydroxylation sites is 1. The van der Waals surface area contributed by atoms with Crippen LogP contribution in [0.25, 0.3) is 6.08 Å². The molecule has 0 fully saturated rings. The highest BCUT2D eigenvalue weighted by Gasteiger charge is 2.27. The SMILES string of the molecule is CCOc1cccc(/C=C2\N=C(c3ccc4c(c3)OCO4)OC2=O)c1OC(F)F. The van der Waals surface area contributed by atoms with Crippen molar-refractivity contribution in [2.75, 3.05) is 13.4 Å². The van der Waals surface area contributed by atoms with Crippen molar-refractivity contribution in [3.63, 3.8) is 0 Å². The largest absolute Gasteiger partial charge is 0.490 e. The lowest BCUT2D eigenvalue weighted by atomic mass is 10.1. The highest BCUT2D eigenvalue weighted by Crippen LogP contribution is 2.36. The molecule has 2 aliphatic rings. The molecule has 0 N–H and O–H groups in total. The molecule has 0 spiro atoms. The van der Waals surface area contributed by atoms with Crippen LogP contribution in [0, 0.1) is 0 Å². The summed E-state index contributed by atoms with van der Waals surface area (Å²) >= 11 is 0. The number of aliphatic imine (C=N–C) groups is 1. The summed E-state index contributed by atoms with van der Waals surface area (Å²) in [6.07, 6.45) is 1.31. The summed E-state index contributed by atoms with van der Waals surface area (Å²) in [6, 6.07) is 9.59. The summed E-state index contributed by atoms with van der Waals surface area (Å²) in [5.74, 6) is 0.385. The maximum Gasteiger partial charge on any atom is 0.387 e. The van der Waals surface area contributed by atoms with E-state index in [4.69, 9.17) is 18.9 Å². The molecule has 0 atom stereocenters. The predicted octanol–water partition coefficient (Wildman–Crippen LogP) is 3.76. The van der Waals surface area contributed by atoms with Crippen molar-refractivity contribution < 1.29 is 37.3 Å². The quantitative estimate of drug-likeness (QED) is 0.540. The number of carbonyl (C=O) groups excluding carboxylic acids is 1. The van der Waals surface area contributed by atoms with Crippen molar-refractivity contribution in [2.45, 2.75) is 13.5 Å². The normalized spacial score (nSPS) is 16.2. The van der Waals surface area contributed by atoms with Crippen LogP contribution in [-0.2, 0) is 9.53 Å². The minimum absolute atomic E-state index is 0.0644. The zero-order chi connectivity index (χ0) is 20.4. The molecule has 2 aromatic rings. The van der Waals surface area contributed by atoms with Gasteiger partial charge >= 0.3 is 12.6 Å². The van der Waals surface area contributed by atoms with Gasteiger partial charge in [0, 0.05) is 11.1 Å². The Morgan fingerprint density at radius 1 is 1.21 bits per heavy atom. The van der Waals surface area contributed by atoms with Crippen LogP contribution >= 0.6 is 0 Å². The maximum atomic E-state index is 12.9. The van der Waals surface area contributed by atoms with Crippen LogP contribution in [0.15, 0.2) is 47.1 Å². The van der Waals surface area contributed by atoms with Crippen molar-refractivity contribution in [3.8, 4) is 23.0 Å². The van der Waals surface area contributed by atoms with Gasteiger partial charge in [0.1, 0.15) is 0 Å². The number of benzene rings is 2. The van der Waals surface area contributed by atoms with Gasteiger partial charge in [0.25, 0.3) is 0 Å². The molecule has 0 aliphatic carbocycles. The van der Waals surface area contributed by atoms with E-state index in [2.05, 4.69) is 9.73 Å². The van der Waals surface area contributed by atoms with Gasteiger partial charge in [-0.1, -0.05) is 12.1 Å².